The lowest BCUT2D eigenvalue weighted by Gasteiger charge is -2.14. The molecule has 0 radical (unpaired) electrons. The monoisotopic (exact) mass is 280 g/mol. The van der Waals surface area contributed by atoms with Gasteiger partial charge in [0.05, 0.1) is 19.6 Å². The first kappa shape index (κ1) is 16.0. The second-order valence-corrected chi connectivity index (χ2v) is 4.40. The summed E-state index contributed by atoms with van der Waals surface area (Å²) >= 11 is 0. The fourth-order valence-corrected chi connectivity index (χ4v) is 1.98. The number of carbonyl (C=O) groups is 2. The molecule has 5 nitrogen and oxygen atoms in total. The molecule has 0 aromatic heterocycles. The lowest BCUT2D eigenvalue weighted by atomic mass is 9.96. The maximum Gasteiger partial charge on any atom is 0.339 e. The summed E-state index contributed by atoms with van der Waals surface area (Å²) in [4.78, 5) is 22.8. The molecule has 0 heterocycles. The molecule has 1 aromatic rings. The summed E-state index contributed by atoms with van der Waals surface area (Å²) < 4.78 is 10.1. The van der Waals surface area contributed by atoms with Crippen LogP contribution >= 0.6 is 0 Å². The maximum absolute atomic E-state index is 11.8. The molecule has 5 heteroatoms. The van der Waals surface area contributed by atoms with Crippen molar-refractivity contribution in [2.45, 2.75) is 26.7 Å². The van der Waals surface area contributed by atoms with E-state index in [1.165, 1.54) is 13.2 Å². The predicted molar refractivity (Wildman–Crippen MR) is 74.1 cm³/mol. The van der Waals surface area contributed by atoms with Gasteiger partial charge in [-0.15, -0.1) is 0 Å². The Labute approximate surface area is 118 Å². The summed E-state index contributed by atoms with van der Waals surface area (Å²) in [6.45, 7) is 4.05. The van der Waals surface area contributed by atoms with Crippen molar-refractivity contribution in [2.24, 2.45) is 5.92 Å². The average molecular weight is 280 g/mol. The maximum atomic E-state index is 11.8. The fourth-order valence-electron chi connectivity index (χ4n) is 1.98. The number of methoxy groups -OCH3 is 1. The SMILES string of the molecule is CCOC(=O)C(CC)Cc1ccc(C(=O)O)c(OC)c1. The van der Waals surface area contributed by atoms with Gasteiger partial charge in [0.15, 0.2) is 0 Å². The number of benzene rings is 1. The highest BCUT2D eigenvalue weighted by atomic mass is 16.5. The summed E-state index contributed by atoms with van der Waals surface area (Å²) in [6.07, 6.45) is 1.17. The van der Waals surface area contributed by atoms with Gasteiger partial charge in [-0.2, -0.15) is 0 Å². The first-order valence-electron chi connectivity index (χ1n) is 6.60. The van der Waals surface area contributed by atoms with Gasteiger partial charge in [0.25, 0.3) is 0 Å². The lowest BCUT2D eigenvalue weighted by Crippen LogP contribution is -2.19. The fraction of sp³-hybridized carbons (Fsp3) is 0.467. The molecule has 1 rings (SSSR count). The van der Waals surface area contributed by atoms with Gasteiger partial charge in [0, 0.05) is 0 Å². The van der Waals surface area contributed by atoms with Crippen LogP contribution in [-0.4, -0.2) is 30.8 Å². The molecule has 1 N–H and O–H groups in total. The van der Waals surface area contributed by atoms with Crippen LogP contribution < -0.4 is 4.74 Å². The van der Waals surface area contributed by atoms with Gasteiger partial charge < -0.3 is 14.6 Å². The molecule has 0 bridgehead atoms. The van der Waals surface area contributed by atoms with Gasteiger partial charge in [-0.25, -0.2) is 4.79 Å². The standard InChI is InChI=1S/C15H20O5/c1-4-11(15(18)20-5-2)8-10-6-7-12(14(16)17)13(9-10)19-3/h6-7,9,11H,4-5,8H2,1-3H3,(H,16,17). The number of carbonyl (C=O) groups excluding carboxylic acids is 1. The lowest BCUT2D eigenvalue weighted by molar-refractivity contribution is -0.148. The molecule has 0 aliphatic rings. The molecule has 0 amide bonds. The molecule has 1 atom stereocenters. The number of ether oxygens (including phenoxy) is 2. The van der Waals surface area contributed by atoms with E-state index < -0.39 is 5.97 Å². The van der Waals surface area contributed by atoms with Gasteiger partial charge in [0.1, 0.15) is 11.3 Å². The predicted octanol–water partition coefficient (Wildman–Crippen LogP) is 2.53. The third-order valence-electron chi connectivity index (χ3n) is 3.09. The van der Waals surface area contributed by atoms with Crippen LogP contribution in [0, 0.1) is 5.92 Å². The number of carboxylic acids is 1. The van der Waals surface area contributed by atoms with Gasteiger partial charge >= 0.3 is 11.9 Å². The largest absolute Gasteiger partial charge is 0.496 e. The molecular formula is C15H20O5. The zero-order valence-corrected chi connectivity index (χ0v) is 12.0. The molecule has 0 fully saturated rings. The first-order valence-corrected chi connectivity index (χ1v) is 6.60. The minimum Gasteiger partial charge on any atom is -0.496 e. The van der Waals surface area contributed by atoms with Gasteiger partial charge in [-0.05, 0) is 37.5 Å². The van der Waals surface area contributed by atoms with Crippen LogP contribution in [0.3, 0.4) is 0 Å². The quantitative estimate of drug-likeness (QED) is 0.777. The number of aromatic carboxylic acids is 1. The molecule has 0 saturated heterocycles. The van der Waals surface area contributed by atoms with E-state index in [1.807, 2.05) is 6.92 Å². The second-order valence-electron chi connectivity index (χ2n) is 4.40. The van der Waals surface area contributed by atoms with Crippen LogP contribution in [0.4, 0.5) is 0 Å². The molecule has 0 aliphatic heterocycles. The van der Waals surface area contributed by atoms with E-state index in [0.29, 0.717) is 25.2 Å². The van der Waals surface area contributed by atoms with E-state index in [2.05, 4.69) is 0 Å². The molecular weight excluding hydrogens is 260 g/mol. The third kappa shape index (κ3) is 3.98. The number of hydrogen-bond donors (Lipinski definition) is 1. The van der Waals surface area contributed by atoms with Gasteiger partial charge in [0.2, 0.25) is 0 Å². The number of carboxylic acid groups (broad SMARTS) is 1. The van der Waals surface area contributed by atoms with Crippen molar-refractivity contribution in [1.82, 2.24) is 0 Å². The Morgan fingerprint density at radius 1 is 1.30 bits per heavy atom. The Morgan fingerprint density at radius 2 is 2.00 bits per heavy atom. The number of hydrogen-bond acceptors (Lipinski definition) is 4. The van der Waals surface area contributed by atoms with Crippen molar-refractivity contribution in [3.63, 3.8) is 0 Å². The summed E-state index contributed by atoms with van der Waals surface area (Å²) in [7, 11) is 1.42. The molecule has 1 unspecified atom stereocenters. The van der Waals surface area contributed by atoms with Crippen LogP contribution in [0.5, 0.6) is 5.75 Å². The van der Waals surface area contributed by atoms with Crippen molar-refractivity contribution in [3.05, 3.63) is 29.3 Å². The van der Waals surface area contributed by atoms with Crippen LogP contribution in [0.1, 0.15) is 36.2 Å². The Bertz CT molecular complexity index is 481. The average Bonchev–Trinajstić information content (AvgIpc) is 2.44. The van der Waals surface area contributed by atoms with Crippen LogP contribution in [0.2, 0.25) is 0 Å². The van der Waals surface area contributed by atoms with Crippen molar-refractivity contribution in [1.29, 1.82) is 0 Å². The van der Waals surface area contributed by atoms with E-state index in [-0.39, 0.29) is 17.5 Å². The van der Waals surface area contributed by atoms with Crippen LogP contribution in [-0.2, 0) is 16.0 Å². The summed E-state index contributed by atoms with van der Waals surface area (Å²) in [5, 5.41) is 9.02. The highest BCUT2D eigenvalue weighted by Crippen LogP contribution is 2.23. The van der Waals surface area contributed by atoms with Crippen molar-refractivity contribution in [2.75, 3.05) is 13.7 Å². The first-order chi connectivity index (χ1) is 9.53. The molecule has 0 saturated carbocycles. The topological polar surface area (TPSA) is 72.8 Å². The van der Waals surface area contributed by atoms with E-state index in [4.69, 9.17) is 14.6 Å². The Hall–Kier alpha value is -2.04. The van der Waals surface area contributed by atoms with Crippen molar-refractivity contribution in [3.8, 4) is 5.75 Å². The highest BCUT2D eigenvalue weighted by molar-refractivity contribution is 5.91. The van der Waals surface area contributed by atoms with Gasteiger partial charge in [-0.1, -0.05) is 13.0 Å². The minimum absolute atomic E-state index is 0.112. The summed E-state index contributed by atoms with van der Waals surface area (Å²) in [5.41, 5.74) is 0.965. The smallest absolute Gasteiger partial charge is 0.339 e. The van der Waals surface area contributed by atoms with Gasteiger partial charge in [-0.3, -0.25) is 4.79 Å². The molecule has 0 spiro atoms. The van der Waals surface area contributed by atoms with Crippen LogP contribution in [0.25, 0.3) is 0 Å². The molecule has 1 aromatic carbocycles. The second kappa shape index (κ2) is 7.53. The molecule has 0 aliphatic carbocycles. The zero-order chi connectivity index (χ0) is 15.1. The summed E-state index contributed by atoms with van der Waals surface area (Å²) in [5.74, 6) is -1.19. The molecule has 20 heavy (non-hydrogen) atoms. The van der Waals surface area contributed by atoms with E-state index in [9.17, 15) is 9.59 Å². The zero-order valence-electron chi connectivity index (χ0n) is 12.0. The normalized spacial score (nSPS) is 11.8. The van der Waals surface area contributed by atoms with E-state index in [1.54, 1.807) is 19.1 Å². The Morgan fingerprint density at radius 3 is 2.50 bits per heavy atom. The number of esters is 1. The van der Waals surface area contributed by atoms with E-state index >= 15 is 0 Å². The number of rotatable bonds is 7. The third-order valence-corrected chi connectivity index (χ3v) is 3.09. The summed E-state index contributed by atoms with van der Waals surface area (Å²) in [6, 6.07) is 4.85. The van der Waals surface area contributed by atoms with Crippen molar-refractivity contribution >= 4 is 11.9 Å². The molecule has 110 valence electrons. The highest BCUT2D eigenvalue weighted by Gasteiger charge is 2.19. The van der Waals surface area contributed by atoms with E-state index in [0.717, 1.165) is 5.56 Å². The Kier molecular flexibility index (Phi) is 6.03. The Balaban J connectivity index is 2.91. The minimum atomic E-state index is -1.04. The van der Waals surface area contributed by atoms with Crippen LogP contribution in [0.15, 0.2) is 18.2 Å². The van der Waals surface area contributed by atoms with Crippen molar-refractivity contribution < 1.29 is 24.2 Å².